The minimum Gasteiger partial charge on any atom is -0.447 e. The molecule has 1 aliphatic rings. The molecular formula is C13H12F2N2O5. The predicted molar refractivity (Wildman–Crippen MR) is 70.8 cm³/mol. The van der Waals surface area contributed by atoms with Crippen LogP contribution in [-0.2, 0) is 4.74 Å². The number of aldehydes is 1. The fourth-order valence-corrected chi connectivity index (χ4v) is 1.89. The van der Waals surface area contributed by atoms with Gasteiger partial charge in [0.25, 0.3) is 0 Å². The SMILES string of the molecule is CCO.O=Cc1cc2c(N3CCOC3=O)noc2c(F)c1F. The second-order valence-corrected chi connectivity index (χ2v) is 4.18. The second kappa shape index (κ2) is 6.48. The molecule has 118 valence electrons. The van der Waals surface area contributed by atoms with E-state index in [0.29, 0.717) is 0 Å². The van der Waals surface area contributed by atoms with Crippen LogP contribution in [-0.4, -0.2) is 42.4 Å². The maximum atomic E-state index is 13.6. The van der Waals surface area contributed by atoms with E-state index < -0.39 is 28.9 Å². The summed E-state index contributed by atoms with van der Waals surface area (Å²) in [5, 5.41) is 11.1. The van der Waals surface area contributed by atoms with Crippen LogP contribution >= 0.6 is 0 Å². The molecule has 22 heavy (non-hydrogen) atoms. The topological polar surface area (TPSA) is 92.9 Å². The van der Waals surface area contributed by atoms with Gasteiger partial charge in [0.1, 0.15) is 6.61 Å². The van der Waals surface area contributed by atoms with E-state index in [1.54, 1.807) is 6.92 Å². The predicted octanol–water partition coefficient (Wildman–Crippen LogP) is 1.87. The van der Waals surface area contributed by atoms with Crippen molar-refractivity contribution in [2.75, 3.05) is 24.7 Å². The van der Waals surface area contributed by atoms with Crippen molar-refractivity contribution < 1.29 is 32.7 Å². The number of fused-ring (bicyclic) bond motifs is 1. The van der Waals surface area contributed by atoms with Crippen LogP contribution < -0.4 is 4.90 Å². The minimum atomic E-state index is -1.31. The number of anilines is 1. The molecule has 2 aromatic rings. The smallest absolute Gasteiger partial charge is 0.415 e. The maximum Gasteiger partial charge on any atom is 0.415 e. The number of cyclic esters (lactones) is 1. The number of amides is 1. The van der Waals surface area contributed by atoms with Gasteiger partial charge in [-0.25, -0.2) is 9.18 Å². The zero-order valence-electron chi connectivity index (χ0n) is 11.5. The lowest BCUT2D eigenvalue weighted by Crippen LogP contribution is -2.23. The lowest BCUT2D eigenvalue weighted by Gasteiger charge is -2.08. The number of ether oxygens (including phenoxy) is 1. The number of hydrogen-bond donors (Lipinski definition) is 1. The third-order valence-corrected chi connectivity index (χ3v) is 2.80. The summed E-state index contributed by atoms with van der Waals surface area (Å²) in [5.74, 6) is -2.63. The van der Waals surface area contributed by atoms with Crippen LogP contribution in [0.3, 0.4) is 0 Å². The van der Waals surface area contributed by atoms with Crippen LogP contribution in [0.25, 0.3) is 11.0 Å². The molecule has 1 aromatic carbocycles. The Labute approximate surface area is 123 Å². The zero-order chi connectivity index (χ0) is 16.3. The summed E-state index contributed by atoms with van der Waals surface area (Å²) >= 11 is 0. The standard InChI is InChI=1S/C11H6F2N2O4.C2H6O/c12-7-5(4-16)3-6-9(8(7)13)19-14-10(6)15-1-2-18-11(15)17;1-2-3/h3-4H,1-2H2;3H,2H2,1H3. The minimum absolute atomic E-state index is 0.000463. The Bertz CT molecular complexity index is 716. The summed E-state index contributed by atoms with van der Waals surface area (Å²) in [4.78, 5) is 23.2. The molecule has 0 atom stereocenters. The summed E-state index contributed by atoms with van der Waals surface area (Å²) in [5.41, 5.74) is -0.917. The quantitative estimate of drug-likeness (QED) is 0.851. The Kier molecular flexibility index (Phi) is 4.66. The molecule has 1 saturated heterocycles. The fraction of sp³-hybridized carbons (Fsp3) is 0.308. The van der Waals surface area contributed by atoms with E-state index in [-0.39, 0.29) is 37.2 Å². The molecule has 7 nitrogen and oxygen atoms in total. The Hall–Kier alpha value is -2.55. The molecule has 1 fully saturated rings. The number of nitrogens with zero attached hydrogens (tertiary/aromatic N) is 2. The number of aliphatic hydroxyl groups is 1. The van der Waals surface area contributed by atoms with Gasteiger partial charge in [-0.15, -0.1) is 0 Å². The van der Waals surface area contributed by atoms with Gasteiger partial charge in [-0.05, 0) is 13.0 Å². The van der Waals surface area contributed by atoms with Gasteiger partial charge in [-0.1, -0.05) is 5.16 Å². The van der Waals surface area contributed by atoms with E-state index in [4.69, 9.17) is 14.4 Å². The number of aliphatic hydroxyl groups excluding tert-OH is 1. The molecular weight excluding hydrogens is 302 g/mol. The van der Waals surface area contributed by atoms with Crippen LogP contribution in [0, 0.1) is 11.6 Å². The molecule has 1 N–H and O–H groups in total. The van der Waals surface area contributed by atoms with Crippen molar-refractivity contribution in [3.8, 4) is 0 Å². The van der Waals surface area contributed by atoms with Crippen LogP contribution in [0.4, 0.5) is 19.4 Å². The monoisotopic (exact) mass is 314 g/mol. The Morgan fingerprint density at radius 3 is 2.68 bits per heavy atom. The number of aromatic nitrogens is 1. The van der Waals surface area contributed by atoms with Crippen molar-refractivity contribution in [3.05, 3.63) is 23.3 Å². The van der Waals surface area contributed by atoms with E-state index in [1.165, 1.54) is 0 Å². The first-order valence-corrected chi connectivity index (χ1v) is 6.32. The Morgan fingerprint density at radius 1 is 1.45 bits per heavy atom. The number of benzene rings is 1. The molecule has 0 bridgehead atoms. The molecule has 3 rings (SSSR count). The lowest BCUT2D eigenvalue weighted by atomic mass is 10.1. The van der Waals surface area contributed by atoms with Gasteiger partial charge in [0.2, 0.25) is 11.4 Å². The second-order valence-electron chi connectivity index (χ2n) is 4.18. The average Bonchev–Trinajstić information content (AvgIpc) is 3.09. The highest BCUT2D eigenvalue weighted by Crippen LogP contribution is 2.31. The molecule has 1 aliphatic heterocycles. The fourth-order valence-electron chi connectivity index (χ4n) is 1.89. The highest BCUT2D eigenvalue weighted by Gasteiger charge is 2.30. The molecule has 1 aromatic heterocycles. The van der Waals surface area contributed by atoms with Crippen molar-refractivity contribution in [1.82, 2.24) is 5.16 Å². The molecule has 0 aliphatic carbocycles. The number of rotatable bonds is 2. The molecule has 2 heterocycles. The first-order valence-electron chi connectivity index (χ1n) is 6.32. The molecule has 1 amide bonds. The van der Waals surface area contributed by atoms with Gasteiger partial charge in [0.15, 0.2) is 17.9 Å². The van der Waals surface area contributed by atoms with Gasteiger partial charge in [-0.3, -0.25) is 9.69 Å². The highest BCUT2D eigenvalue weighted by molar-refractivity contribution is 6.00. The Balaban J connectivity index is 0.000000545. The largest absolute Gasteiger partial charge is 0.447 e. The number of halogens is 2. The van der Waals surface area contributed by atoms with Crippen LogP contribution in [0.2, 0.25) is 0 Å². The van der Waals surface area contributed by atoms with Crippen molar-refractivity contribution in [1.29, 1.82) is 0 Å². The lowest BCUT2D eigenvalue weighted by molar-refractivity contribution is 0.111. The molecule has 0 spiro atoms. The molecule has 9 heteroatoms. The van der Waals surface area contributed by atoms with Crippen molar-refractivity contribution in [2.24, 2.45) is 0 Å². The molecule has 0 unspecified atom stereocenters. The summed E-state index contributed by atoms with van der Waals surface area (Å²) in [7, 11) is 0. The number of carbonyl (C=O) groups excluding carboxylic acids is 2. The van der Waals surface area contributed by atoms with Crippen LogP contribution in [0.5, 0.6) is 0 Å². The first-order chi connectivity index (χ1) is 10.5. The van der Waals surface area contributed by atoms with Crippen LogP contribution in [0.1, 0.15) is 17.3 Å². The average molecular weight is 314 g/mol. The summed E-state index contributed by atoms with van der Waals surface area (Å²) in [6.07, 6.45) is -0.482. The van der Waals surface area contributed by atoms with Gasteiger partial charge < -0.3 is 14.4 Å². The van der Waals surface area contributed by atoms with Gasteiger partial charge in [-0.2, -0.15) is 4.39 Å². The van der Waals surface area contributed by atoms with E-state index in [9.17, 15) is 18.4 Å². The van der Waals surface area contributed by atoms with E-state index in [2.05, 4.69) is 5.16 Å². The summed E-state index contributed by atoms with van der Waals surface area (Å²) in [6, 6.07) is 1.08. The molecule has 0 saturated carbocycles. The van der Waals surface area contributed by atoms with E-state index >= 15 is 0 Å². The summed E-state index contributed by atoms with van der Waals surface area (Å²) < 4.78 is 36.4. The number of carbonyl (C=O) groups is 2. The first kappa shape index (κ1) is 15.8. The molecule has 0 radical (unpaired) electrons. The summed E-state index contributed by atoms with van der Waals surface area (Å²) in [6.45, 7) is 2.31. The van der Waals surface area contributed by atoms with Crippen LogP contribution in [0.15, 0.2) is 10.6 Å². The van der Waals surface area contributed by atoms with Gasteiger partial charge >= 0.3 is 6.09 Å². The number of hydrogen-bond acceptors (Lipinski definition) is 6. The highest BCUT2D eigenvalue weighted by atomic mass is 19.2. The van der Waals surface area contributed by atoms with Crippen molar-refractivity contribution in [2.45, 2.75) is 6.92 Å². The zero-order valence-corrected chi connectivity index (χ0v) is 11.5. The van der Waals surface area contributed by atoms with E-state index in [1.807, 2.05) is 0 Å². The van der Waals surface area contributed by atoms with Gasteiger partial charge in [0.05, 0.1) is 17.5 Å². The third kappa shape index (κ3) is 2.62. The van der Waals surface area contributed by atoms with Crippen molar-refractivity contribution in [3.63, 3.8) is 0 Å². The maximum absolute atomic E-state index is 13.6. The third-order valence-electron chi connectivity index (χ3n) is 2.80. The Morgan fingerprint density at radius 2 is 2.14 bits per heavy atom. The van der Waals surface area contributed by atoms with E-state index in [0.717, 1.165) is 11.0 Å². The van der Waals surface area contributed by atoms with Gasteiger partial charge in [0, 0.05) is 6.61 Å². The van der Waals surface area contributed by atoms with Crippen molar-refractivity contribution >= 4 is 29.2 Å². The normalized spacial score (nSPS) is 13.8.